The van der Waals surface area contributed by atoms with Crippen molar-refractivity contribution in [2.75, 3.05) is 6.54 Å². The lowest BCUT2D eigenvalue weighted by atomic mass is 9.96. The van der Waals surface area contributed by atoms with Crippen LogP contribution in [0.1, 0.15) is 23.6 Å². The largest absolute Gasteiger partial charge is 0.409 e. The number of alkyl halides is 3. The van der Waals surface area contributed by atoms with Crippen molar-refractivity contribution < 1.29 is 18.0 Å². The standard InChI is InChI=1S/C16H15F3N2O/c1-10-5-6-11-3-2-4-12(13(11)9-10)15(16(17,18)19)21-8-7-14(22)20-21/h2-6,9,15H,7-8H2,1H3,(H,20,22)/t15-/m0/s1. The van der Waals surface area contributed by atoms with E-state index in [2.05, 4.69) is 5.43 Å². The molecule has 3 nitrogen and oxygen atoms in total. The Bertz CT molecular complexity index is 727. The number of nitrogens with zero attached hydrogens (tertiary/aromatic N) is 1. The van der Waals surface area contributed by atoms with Gasteiger partial charge in [-0.1, -0.05) is 42.0 Å². The summed E-state index contributed by atoms with van der Waals surface area (Å²) in [5.74, 6) is -0.384. The SMILES string of the molecule is Cc1ccc2cccc([C@H](N3CCC(=O)N3)C(F)(F)F)c2c1. The van der Waals surface area contributed by atoms with E-state index in [1.807, 2.05) is 19.1 Å². The number of hydrogen-bond acceptors (Lipinski definition) is 2. The number of benzene rings is 2. The van der Waals surface area contributed by atoms with Crippen LogP contribution in [0, 0.1) is 6.92 Å². The lowest BCUT2D eigenvalue weighted by Gasteiger charge is -2.30. The Morgan fingerprint density at radius 3 is 2.64 bits per heavy atom. The highest BCUT2D eigenvalue weighted by Gasteiger charge is 2.47. The molecule has 0 unspecified atom stereocenters. The molecular formula is C16H15F3N2O. The molecule has 1 amide bonds. The van der Waals surface area contributed by atoms with Crippen LogP contribution in [0.5, 0.6) is 0 Å². The highest BCUT2D eigenvalue weighted by Crippen LogP contribution is 2.40. The summed E-state index contributed by atoms with van der Waals surface area (Å²) in [6.45, 7) is 1.89. The van der Waals surface area contributed by atoms with Gasteiger partial charge in [-0.2, -0.15) is 13.2 Å². The molecule has 1 heterocycles. The minimum atomic E-state index is -4.48. The molecule has 2 aromatic carbocycles. The monoisotopic (exact) mass is 308 g/mol. The minimum Gasteiger partial charge on any atom is -0.288 e. The fourth-order valence-corrected chi connectivity index (χ4v) is 2.86. The summed E-state index contributed by atoms with van der Waals surface area (Å²) in [5.41, 5.74) is 3.37. The number of halogens is 3. The van der Waals surface area contributed by atoms with Crippen LogP contribution >= 0.6 is 0 Å². The molecule has 0 aromatic heterocycles. The van der Waals surface area contributed by atoms with Gasteiger partial charge in [0.2, 0.25) is 5.91 Å². The molecule has 1 atom stereocenters. The van der Waals surface area contributed by atoms with E-state index in [9.17, 15) is 18.0 Å². The van der Waals surface area contributed by atoms with E-state index in [-0.39, 0.29) is 24.4 Å². The minimum absolute atomic E-state index is 0.0468. The van der Waals surface area contributed by atoms with Gasteiger partial charge in [0.25, 0.3) is 0 Å². The zero-order valence-electron chi connectivity index (χ0n) is 11.9. The molecule has 0 aliphatic carbocycles. The molecule has 116 valence electrons. The normalized spacial score (nSPS) is 17.7. The molecule has 1 N–H and O–H groups in total. The van der Waals surface area contributed by atoms with Crippen LogP contribution < -0.4 is 5.43 Å². The third kappa shape index (κ3) is 2.66. The average Bonchev–Trinajstić information content (AvgIpc) is 2.84. The van der Waals surface area contributed by atoms with E-state index >= 15 is 0 Å². The summed E-state index contributed by atoms with van der Waals surface area (Å²) >= 11 is 0. The molecule has 1 aliphatic heterocycles. The molecule has 2 aromatic rings. The molecule has 0 bridgehead atoms. The van der Waals surface area contributed by atoms with E-state index in [0.29, 0.717) is 5.39 Å². The van der Waals surface area contributed by atoms with Crippen molar-refractivity contribution in [3.63, 3.8) is 0 Å². The first-order valence-corrected chi connectivity index (χ1v) is 6.98. The Labute approximate surface area is 125 Å². The first kappa shape index (κ1) is 14.8. The fraction of sp³-hybridized carbons (Fsp3) is 0.312. The number of carbonyl (C=O) groups excluding carboxylic acids is 1. The smallest absolute Gasteiger partial charge is 0.288 e. The van der Waals surface area contributed by atoms with Gasteiger partial charge in [-0.15, -0.1) is 0 Å². The van der Waals surface area contributed by atoms with Crippen LogP contribution in [-0.4, -0.2) is 23.6 Å². The number of hydrogen-bond donors (Lipinski definition) is 1. The molecule has 0 radical (unpaired) electrons. The molecule has 1 aliphatic rings. The first-order valence-electron chi connectivity index (χ1n) is 6.98. The molecular weight excluding hydrogens is 293 g/mol. The van der Waals surface area contributed by atoms with Gasteiger partial charge in [-0.25, -0.2) is 5.01 Å². The van der Waals surface area contributed by atoms with Gasteiger partial charge in [0.05, 0.1) is 0 Å². The van der Waals surface area contributed by atoms with Gasteiger partial charge in [-0.3, -0.25) is 10.2 Å². The van der Waals surface area contributed by atoms with Crippen molar-refractivity contribution in [1.29, 1.82) is 0 Å². The van der Waals surface area contributed by atoms with Crippen molar-refractivity contribution in [3.05, 3.63) is 47.5 Å². The van der Waals surface area contributed by atoms with E-state index in [4.69, 9.17) is 0 Å². The van der Waals surface area contributed by atoms with E-state index in [1.165, 1.54) is 6.07 Å². The fourth-order valence-electron chi connectivity index (χ4n) is 2.86. The van der Waals surface area contributed by atoms with Crippen molar-refractivity contribution in [3.8, 4) is 0 Å². The van der Waals surface area contributed by atoms with E-state index in [0.717, 1.165) is 16.0 Å². The van der Waals surface area contributed by atoms with Crippen LogP contribution in [0.4, 0.5) is 13.2 Å². The average molecular weight is 308 g/mol. The van der Waals surface area contributed by atoms with Crippen LogP contribution in [0.3, 0.4) is 0 Å². The lowest BCUT2D eigenvalue weighted by molar-refractivity contribution is -0.190. The van der Waals surface area contributed by atoms with Crippen molar-refractivity contribution >= 4 is 16.7 Å². The lowest BCUT2D eigenvalue weighted by Crippen LogP contribution is -2.43. The second-order valence-corrected chi connectivity index (χ2v) is 5.49. The Hall–Kier alpha value is -2.08. The number of amides is 1. The van der Waals surface area contributed by atoms with Crippen LogP contribution in [0.15, 0.2) is 36.4 Å². The van der Waals surface area contributed by atoms with Crippen LogP contribution in [0.2, 0.25) is 0 Å². The summed E-state index contributed by atoms with van der Waals surface area (Å²) in [4.78, 5) is 11.3. The zero-order valence-corrected chi connectivity index (χ0v) is 11.9. The van der Waals surface area contributed by atoms with Crippen molar-refractivity contribution in [2.45, 2.75) is 25.6 Å². The quantitative estimate of drug-likeness (QED) is 0.921. The molecule has 6 heteroatoms. The molecule has 1 saturated heterocycles. The Morgan fingerprint density at radius 1 is 1.23 bits per heavy atom. The Morgan fingerprint density at radius 2 is 2.00 bits per heavy atom. The predicted octanol–water partition coefficient (Wildman–Crippen LogP) is 3.49. The van der Waals surface area contributed by atoms with Crippen molar-refractivity contribution in [2.24, 2.45) is 0 Å². The van der Waals surface area contributed by atoms with Gasteiger partial charge in [0, 0.05) is 13.0 Å². The van der Waals surface area contributed by atoms with Gasteiger partial charge < -0.3 is 0 Å². The highest BCUT2D eigenvalue weighted by molar-refractivity contribution is 5.87. The van der Waals surface area contributed by atoms with Gasteiger partial charge in [0.15, 0.2) is 6.04 Å². The number of rotatable bonds is 2. The topological polar surface area (TPSA) is 32.3 Å². The third-order valence-electron chi connectivity index (χ3n) is 3.84. The Kier molecular flexibility index (Phi) is 3.56. The maximum absolute atomic E-state index is 13.6. The summed E-state index contributed by atoms with van der Waals surface area (Å²) < 4.78 is 40.9. The second-order valence-electron chi connectivity index (χ2n) is 5.49. The van der Waals surface area contributed by atoms with Crippen LogP contribution in [0.25, 0.3) is 10.8 Å². The summed E-state index contributed by atoms with van der Waals surface area (Å²) in [7, 11) is 0. The summed E-state index contributed by atoms with van der Waals surface area (Å²) in [6.07, 6.45) is -4.40. The van der Waals surface area contributed by atoms with Gasteiger partial charge in [0.1, 0.15) is 0 Å². The number of carbonyl (C=O) groups is 1. The predicted molar refractivity (Wildman–Crippen MR) is 76.9 cm³/mol. The maximum Gasteiger partial charge on any atom is 0.409 e. The number of fused-ring (bicyclic) bond motifs is 1. The number of aryl methyl sites for hydroxylation is 1. The summed E-state index contributed by atoms with van der Waals surface area (Å²) in [6, 6.07) is 8.46. The third-order valence-corrected chi connectivity index (χ3v) is 3.84. The number of nitrogens with one attached hydrogen (secondary N) is 1. The molecule has 1 fully saturated rings. The van der Waals surface area contributed by atoms with Gasteiger partial charge in [-0.05, 0) is 23.3 Å². The Balaban J connectivity index is 2.16. The highest BCUT2D eigenvalue weighted by atomic mass is 19.4. The van der Waals surface area contributed by atoms with E-state index in [1.54, 1.807) is 18.2 Å². The van der Waals surface area contributed by atoms with Crippen LogP contribution in [-0.2, 0) is 4.79 Å². The molecule has 0 saturated carbocycles. The van der Waals surface area contributed by atoms with Gasteiger partial charge >= 0.3 is 6.18 Å². The second kappa shape index (κ2) is 5.28. The molecule has 3 rings (SSSR count). The molecule has 0 spiro atoms. The van der Waals surface area contributed by atoms with Crippen molar-refractivity contribution in [1.82, 2.24) is 10.4 Å². The number of hydrazine groups is 1. The zero-order chi connectivity index (χ0) is 15.9. The van der Waals surface area contributed by atoms with E-state index < -0.39 is 12.2 Å². The molecule has 22 heavy (non-hydrogen) atoms. The summed E-state index contributed by atoms with van der Waals surface area (Å²) in [5, 5.41) is 2.30. The first-order chi connectivity index (χ1) is 10.4. The maximum atomic E-state index is 13.6.